The lowest BCUT2D eigenvalue weighted by Gasteiger charge is -2.32. The molecule has 6 rings (SSSR count). The fourth-order valence-corrected chi connectivity index (χ4v) is 10.4. The number of carbonyl (C=O) groups excluding carboxylic acids is 7. The Morgan fingerprint density at radius 2 is 1.75 bits per heavy atom. The number of hydrogen-bond donors (Lipinski definition) is 0. The lowest BCUT2D eigenvalue weighted by atomic mass is 9.90. The number of ketones is 1. The molecule has 59 heavy (non-hydrogen) atoms. The van der Waals surface area contributed by atoms with Crippen LogP contribution in [0.25, 0.3) is 0 Å². The van der Waals surface area contributed by atoms with Crippen molar-refractivity contribution in [2.45, 2.75) is 108 Å². The Kier molecular flexibility index (Phi) is 13.2. The molecule has 322 valence electrons. The van der Waals surface area contributed by atoms with Gasteiger partial charge in [0.05, 0.1) is 42.1 Å². The van der Waals surface area contributed by atoms with Gasteiger partial charge in [-0.15, -0.1) is 23.2 Å². The summed E-state index contributed by atoms with van der Waals surface area (Å²) in [5, 5.41) is -0.945. The Balaban J connectivity index is 1.35. The van der Waals surface area contributed by atoms with Crippen molar-refractivity contribution in [2.75, 3.05) is 31.4 Å². The molecule has 0 spiro atoms. The highest BCUT2D eigenvalue weighted by Gasteiger charge is 2.64. The van der Waals surface area contributed by atoms with Gasteiger partial charge in [-0.1, -0.05) is 24.3 Å². The molecule has 0 radical (unpaired) electrons. The van der Waals surface area contributed by atoms with Gasteiger partial charge in [0.2, 0.25) is 27.7 Å². The summed E-state index contributed by atoms with van der Waals surface area (Å²) in [5.41, 5.74) is -1.67. The molecule has 5 aliphatic rings. The van der Waals surface area contributed by atoms with Crippen LogP contribution in [0.3, 0.4) is 0 Å². The van der Waals surface area contributed by atoms with Gasteiger partial charge in [0.25, 0.3) is 5.91 Å². The number of halogens is 3. The molecule has 2 saturated carbocycles. The topological polar surface area (TPSA) is 185 Å². The number of amides is 5. The number of sulfonamides is 1. The number of benzene rings is 1. The highest BCUT2D eigenvalue weighted by atomic mass is 35.5. The molecule has 0 bridgehead atoms. The van der Waals surface area contributed by atoms with Crippen molar-refractivity contribution in [1.82, 2.24) is 19.0 Å². The van der Waals surface area contributed by atoms with Crippen molar-refractivity contribution in [2.24, 2.45) is 17.3 Å². The molecular weight excluding hydrogens is 834 g/mol. The average Bonchev–Trinajstić information content (AvgIpc) is 4.05. The lowest BCUT2D eigenvalue weighted by Crippen LogP contribution is -2.51. The molecular formula is C40H49Cl2FN4O11S. The molecule has 2 aliphatic carbocycles. The molecule has 1 aromatic rings. The highest BCUT2D eigenvalue weighted by Crippen LogP contribution is 2.58. The summed E-state index contributed by atoms with van der Waals surface area (Å²) < 4.78 is 53.2. The van der Waals surface area contributed by atoms with Gasteiger partial charge in [0.1, 0.15) is 29.3 Å². The van der Waals surface area contributed by atoms with Crippen LogP contribution in [0, 0.1) is 23.1 Å². The number of nitrogens with zero attached hydrogens (tertiary/aromatic N) is 4. The van der Waals surface area contributed by atoms with E-state index >= 15 is 0 Å². The van der Waals surface area contributed by atoms with Crippen LogP contribution < -0.4 is 0 Å². The van der Waals surface area contributed by atoms with Crippen LogP contribution in [0.4, 0.5) is 9.18 Å². The van der Waals surface area contributed by atoms with E-state index in [1.165, 1.54) is 26.8 Å². The smallest absolute Gasteiger partial charge is 0.410 e. The first-order valence-corrected chi connectivity index (χ1v) is 22.3. The summed E-state index contributed by atoms with van der Waals surface area (Å²) in [4.78, 5) is 101. The van der Waals surface area contributed by atoms with Gasteiger partial charge in [-0.25, -0.2) is 17.6 Å². The van der Waals surface area contributed by atoms with Gasteiger partial charge in [0, 0.05) is 38.0 Å². The molecule has 19 heteroatoms. The minimum absolute atomic E-state index is 0.0175. The monoisotopic (exact) mass is 882 g/mol. The Bertz CT molecular complexity index is 2040. The normalized spacial score (nSPS) is 26.8. The molecule has 5 amide bonds. The number of fused-ring (bicyclic) bond motifs is 3. The number of rotatable bonds is 8. The van der Waals surface area contributed by atoms with Gasteiger partial charge in [0.15, 0.2) is 5.78 Å². The van der Waals surface area contributed by atoms with Crippen molar-refractivity contribution < 1.29 is 55.8 Å². The second-order valence-corrected chi connectivity index (χ2v) is 19.6. The van der Waals surface area contributed by atoms with Crippen molar-refractivity contribution in [3.05, 3.63) is 47.3 Å². The molecule has 0 aromatic heterocycles. The Labute approximate surface area is 352 Å². The van der Waals surface area contributed by atoms with E-state index in [4.69, 9.17) is 32.7 Å². The number of allylic oxidation sites excluding steroid dienone is 2. The Hall–Kier alpha value is -4.09. The summed E-state index contributed by atoms with van der Waals surface area (Å²) in [6.45, 7) is 4.51. The molecule has 3 fully saturated rings. The average molecular weight is 884 g/mol. The zero-order valence-electron chi connectivity index (χ0n) is 33.2. The van der Waals surface area contributed by atoms with Crippen LogP contribution in [-0.2, 0) is 61.4 Å². The van der Waals surface area contributed by atoms with Crippen LogP contribution in [0.2, 0.25) is 0 Å². The first-order valence-electron chi connectivity index (χ1n) is 19.7. The third-order valence-corrected chi connectivity index (χ3v) is 14.1. The van der Waals surface area contributed by atoms with E-state index in [2.05, 4.69) is 0 Å². The third-order valence-electron chi connectivity index (χ3n) is 11.4. The summed E-state index contributed by atoms with van der Waals surface area (Å²) in [5.74, 6) is -8.47. The van der Waals surface area contributed by atoms with Gasteiger partial charge in [-0.05, 0) is 70.4 Å². The fourth-order valence-electron chi connectivity index (χ4n) is 8.22. The fraction of sp³-hybridized carbons (Fsp3) is 0.625. The lowest BCUT2D eigenvalue weighted by molar-refractivity contribution is -0.159. The largest absolute Gasteiger partial charge is 0.460 e. The summed E-state index contributed by atoms with van der Waals surface area (Å²) in [7, 11) is -4.44. The molecule has 1 aromatic carbocycles. The molecule has 3 aliphatic heterocycles. The van der Waals surface area contributed by atoms with Gasteiger partial charge in [-0.2, -0.15) is 4.31 Å². The quantitative estimate of drug-likeness (QED) is 0.208. The predicted octanol–water partition coefficient (Wildman–Crippen LogP) is 4.06. The van der Waals surface area contributed by atoms with Crippen LogP contribution in [-0.4, -0.2) is 123 Å². The number of carbonyl (C=O) groups is 7. The molecule has 1 saturated heterocycles. The highest BCUT2D eigenvalue weighted by molar-refractivity contribution is 7.91. The molecule has 5 atom stereocenters. The number of Topliss-reactive ketones (excluding diaryl/α,β-unsaturated/α-hetero) is 1. The number of esters is 1. The van der Waals surface area contributed by atoms with Crippen LogP contribution in [0.15, 0.2) is 30.4 Å². The number of hydrogen-bond acceptors (Lipinski definition) is 11. The molecule has 15 nitrogen and oxygen atoms in total. The zero-order valence-corrected chi connectivity index (χ0v) is 35.5. The zero-order chi connectivity index (χ0) is 43.0. The second kappa shape index (κ2) is 17.5. The maximum Gasteiger partial charge on any atom is 0.410 e. The SMILES string of the molecule is CC(C)(C)OC(=O)C[C@H]1CN(C(=O)CCl)CCC/C=C\[C@@H]2C[C@@]2(C(=O)N(C(=O)CCl)S(=O)(=O)C2CC2)CC(=O)[C@@H]2CC(OC(=O)N3Cc4cccc(F)c4C3)CN2C1=O. The first-order chi connectivity index (χ1) is 27.8. The van der Waals surface area contributed by atoms with Gasteiger partial charge < -0.3 is 19.3 Å². The maximum atomic E-state index is 14.8. The predicted molar refractivity (Wildman–Crippen MR) is 210 cm³/mol. The van der Waals surface area contributed by atoms with Gasteiger partial charge in [-0.3, -0.25) is 33.7 Å². The minimum atomic E-state index is -4.44. The van der Waals surface area contributed by atoms with Gasteiger partial charge >= 0.3 is 12.1 Å². The number of alkyl halides is 2. The number of imide groups is 1. The van der Waals surface area contributed by atoms with Crippen molar-refractivity contribution in [3.8, 4) is 0 Å². The summed E-state index contributed by atoms with van der Waals surface area (Å²) >= 11 is 11.8. The van der Waals surface area contributed by atoms with E-state index in [1.807, 2.05) is 0 Å². The first kappa shape index (κ1) is 44.5. The van der Waals surface area contributed by atoms with E-state index in [1.54, 1.807) is 39.0 Å². The van der Waals surface area contributed by atoms with E-state index < -0.39 is 122 Å². The third kappa shape index (κ3) is 9.77. The van der Waals surface area contributed by atoms with Crippen molar-refractivity contribution in [3.63, 3.8) is 0 Å². The Morgan fingerprint density at radius 1 is 1.02 bits per heavy atom. The Morgan fingerprint density at radius 3 is 2.39 bits per heavy atom. The second-order valence-electron chi connectivity index (χ2n) is 17.0. The molecule has 1 unspecified atom stereocenters. The van der Waals surface area contributed by atoms with E-state index in [-0.39, 0.29) is 62.7 Å². The summed E-state index contributed by atoms with van der Waals surface area (Å²) in [6.07, 6.45) is 1.53. The van der Waals surface area contributed by atoms with Crippen LogP contribution in [0.5, 0.6) is 0 Å². The van der Waals surface area contributed by atoms with Crippen LogP contribution >= 0.6 is 23.2 Å². The maximum absolute atomic E-state index is 14.8. The van der Waals surface area contributed by atoms with Crippen molar-refractivity contribution >= 4 is 74.7 Å². The number of ether oxygens (including phenoxy) is 2. The van der Waals surface area contributed by atoms with E-state index in [0.717, 1.165) is 0 Å². The molecule has 3 heterocycles. The van der Waals surface area contributed by atoms with E-state index in [9.17, 15) is 46.4 Å². The van der Waals surface area contributed by atoms with Crippen LogP contribution in [0.1, 0.15) is 83.3 Å². The summed E-state index contributed by atoms with van der Waals surface area (Å²) in [6, 6.07) is 3.16. The van der Waals surface area contributed by atoms with E-state index in [0.29, 0.717) is 24.0 Å². The van der Waals surface area contributed by atoms with Crippen molar-refractivity contribution in [1.29, 1.82) is 0 Å². The standard InChI is InChI=1S/C40H49Cl2FN4O11S/c1-39(2,3)58-35(51)14-25-21-44(33(49)18-41)13-6-4-5-9-26-16-40(26,37(53)47(34(50)19-42)59(55,56)28-11-12-28)17-32(48)31-15-27(22-46(31)36(25)52)57-38(54)45-20-24-8-7-10-30(43)29(24)23-45/h5,7-10,25-28,31H,4,6,11-23H2,1-3H3/b9-5-/t25-,26+,27?,31-,40+/m0/s1. The molecule has 0 N–H and O–H groups in total. The minimum Gasteiger partial charge on any atom is -0.460 e.